The summed E-state index contributed by atoms with van der Waals surface area (Å²) in [5.74, 6) is 1.36. The third-order valence-electron chi connectivity index (χ3n) is 6.34. The maximum Gasteiger partial charge on any atom is 0.229 e. The largest absolute Gasteiger partial charge is 0.354 e. The highest BCUT2D eigenvalue weighted by Gasteiger charge is 2.07. The first-order valence-corrected chi connectivity index (χ1v) is 14.6. The van der Waals surface area contributed by atoms with Crippen LogP contribution >= 0.6 is 11.8 Å². The van der Waals surface area contributed by atoms with Gasteiger partial charge in [-0.3, -0.25) is 4.79 Å². The summed E-state index contributed by atoms with van der Waals surface area (Å²) < 4.78 is 2.09. The Balaban J connectivity index is 1.70. The van der Waals surface area contributed by atoms with E-state index in [0.717, 1.165) is 76.1 Å². The number of imidazole rings is 1. The Hall–Kier alpha value is -3.91. The highest BCUT2D eigenvalue weighted by Crippen LogP contribution is 2.27. The lowest BCUT2D eigenvalue weighted by Gasteiger charge is -2.14. The molecule has 0 saturated carbocycles. The number of hydrogen-bond acceptors (Lipinski definition) is 6. The lowest BCUT2D eigenvalue weighted by Crippen LogP contribution is -2.13. The molecule has 2 heterocycles. The van der Waals surface area contributed by atoms with Crippen LogP contribution in [-0.2, 0) is 17.8 Å². The number of allylic oxidation sites excluding steroid dienone is 7. The van der Waals surface area contributed by atoms with Crippen LogP contribution in [0.25, 0.3) is 0 Å². The van der Waals surface area contributed by atoms with Crippen LogP contribution in [0.1, 0.15) is 64.4 Å². The molecule has 0 aliphatic rings. The normalized spacial score (nSPS) is 12.1. The summed E-state index contributed by atoms with van der Waals surface area (Å²) in [6.07, 6.45) is 16.5. The molecule has 2 aromatic rings. The first-order chi connectivity index (χ1) is 19.6. The van der Waals surface area contributed by atoms with Crippen molar-refractivity contribution in [3.8, 4) is 0 Å². The van der Waals surface area contributed by atoms with Crippen LogP contribution in [-0.4, -0.2) is 25.7 Å². The maximum atomic E-state index is 12.0. The van der Waals surface area contributed by atoms with Crippen molar-refractivity contribution in [2.45, 2.75) is 72.8 Å². The molecular weight excluding hydrogens is 528 g/mol. The highest BCUT2D eigenvalue weighted by molar-refractivity contribution is 8.06. The van der Waals surface area contributed by atoms with E-state index in [0.29, 0.717) is 18.7 Å². The van der Waals surface area contributed by atoms with E-state index in [1.54, 1.807) is 24.0 Å². The molecule has 0 fully saturated rings. The van der Waals surface area contributed by atoms with E-state index in [-0.39, 0.29) is 5.91 Å². The standard InChI is InChI=1S/C33H44N6OS/c1-9-24(4)20-33(40)36-32-17-16-31(37-38-32)15-13-12-14-26(6)41-28(8)35-25(5)21-29(10-2)22-30(11-3)23-39-19-18-34-27(39)7/h9-11,16-19,22,35H,3,5-6,8,12-15,20-21,23H2,1-2,4,7H3,(H,36,38,40)/b24-9+,29-10-,30-22+. The quantitative estimate of drug-likeness (QED) is 0.107. The zero-order chi connectivity index (χ0) is 30.2. The highest BCUT2D eigenvalue weighted by atomic mass is 32.2. The van der Waals surface area contributed by atoms with E-state index < -0.39 is 0 Å². The molecule has 1 amide bonds. The molecule has 0 radical (unpaired) electrons. The van der Waals surface area contributed by atoms with Crippen LogP contribution < -0.4 is 10.6 Å². The number of carbonyl (C=O) groups is 1. The molecule has 2 N–H and O–H groups in total. The van der Waals surface area contributed by atoms with Crippen LogP contribution in [0, 0.1) is 6.92 Å². The lowest BCUT2D eigenvalue weighted by molar-refractivity contribution is -0.115. The molecule has 0 atom stereocenters. The van der Waals surface area contributed by atoms with E-state index in [1.165, 1.54) is 0 Å². The number of aromatic nitrogens is 4. The molecular formula is C33H44N6OS. The number of carbonyl (C=O) groups excluding carboxylic acids is 1. The fourth-order valence-corrected chi connectivity index (χ4v) is 4.67. The van der Waals surface area contributed by atoms with Crippen LogP contribution in [0.4, 0.5) is 5.82 Å². The van der Waals surface area contributed by atoms with Gasteiger partial charge in [-0.1, -0.05) is 68.0 Å². The van der Waals surface area contributed by atoms with E-state index in [4.69, 9.17) is 0 Å². The molecule has 218 valence electrons. The topological polar surface area (TPSA) is 84.7 Å². The summed E-state index contributed by atoms with van der Waals surface area (Å²) in [5.41, 5.74) is 5.05. The predicted molar refractivity (Wildman–Crippen MR) is 174 cm³/mol. The minimum absolute atomic E-state index is 0.0871. The molecule has 41 heavy (non-hydrogen) atoms. The minimum Gasteiger partial charge on any atom is -0.354 e. The van der Waals surface area contributed by atoms with Crippen LogP contribution in [0.15, 0.2) is 107 Å². The van der Waals surface area contributed by atoms with Gasteiger partial charge in [0.25, 0.3) is 0 Å². The van der Waals surface area contributed by atoms with E-state index >= 15 is 0 Å². The van der Waals surface area contributed by atoms with Crippen LogP contribution in [0.2, 0.25) is 0 Å². The summed E-state index contributed by atoms with van der Waals surface area (Å²) in [5, 5.41) is 15.3. The molecule has 2 aromatic heterocycles. The average molecular weight is 573 g/mol. The number of nitrogens with one attached hydrogen (secondary N) is 2. The number of nitrogens with zero attached hydrogens (tertiary/aromatic N) is 4. The van der Waals surface area contributed by atoms with Gasteiger partial charge >= 0.3 is 0 Å². The summed E-state index contributed by atoms with van der Waals surface area (Å²) >= 11 is 1.55. The zero-order valence-electron chi connectivity index (χ0n) is 25.0. The van der Waals surface area contributed by atoms with Gasteiger partial charge in [0.1, 0.15) is 5.82 Å². The Kier molecular flexibility index (Phi) is 14.4. The smallest absolute Gasteiger partial charge is 0.229 e. The molecule has 0 aliphatic carbocycles. The van der Waals surface area contributed by atoms with Crippen molar-refractivity contribution in [1.29, 1.82) is 0 Å². The van der Waals surface area contributed by atoms with E-state index in [9.17, 15) is 4.79 Å². The van der Waals surface area contributed by atoms with Crippen molar-refractivity contribution in [1.82, 2.24) is 25.1 Å². The Bertz CT molecular complexity index is 1310. The molecule has 7 nitrogen and oxygen atoms in total. The van der Waals surface area contributed by atoms with Gasteiger partial charge in [0.2, 0.25) is 5.91 Å². The summed E-state index contributed by atoms with van der Waals surface area (Å²) in [7, 11) is 0. The van der Waals surface area contributed by atoms with Gasteiger partial charge in [-0.05, 0) is 81.6 Å². The molecule has 2 rings (SSSR count). The van der Waals surface area contributed by atoms with Gasteiger partial charge in [-0.2, -0.15) is 5.10 Å². The number of rotatable bonds is 18. The Morgan fingerprint density at radius 1 is 1.07 bits per heavy atom. The van der Waals surface area contributed by atoms with Gasteiger partial charge in [-0.25, -0.2) is 4.98 Å². The zero-order valence-corrected chi connectivity index (χ0v) is 25.8. The third-order valence-corrected chi connectivity index (χ3v) is 7.18. The maximum absolute atomic E-state index is 12.0. The SMILES string of the molecule is C=C/C(=C\C(=C/C)CC(=C)NC(=C)SC(=C)CCCCc1ccc(NC(=O)C/C(C)=C/C)nn1)Cn1ccnc1C. The number of aryl methyl sites for hydroxylation is 2. The first kappa shape index (κ1) is 33.3. The number of hydrogen-bond donors (Lipinski definition) is 2. The monoisotopic (exact) mass is 572 g/mol. The van der Waals surface area contributed by atoms with Gasteiger partial charge in [0, 0.05) is 37.5 Å². The minimum atomic E-state index is -0.0871. The summed E-state index contributed by atoms with van der Waals surface area (Å²) in [4.78, 5) is 17.3. The second-order valence-corrected chi connectivity index (χ2v) is 11.1. The molecule has 8 heteroatoms. The number of anilines is 1. The fraction of sp³-hybridized carbons (Fsp3) is 0.333. The van der Waals surface area contributed by atoms with Crippen molar-refractivity contribution >= 4 is 23.5 Å². The summed E-state index contributed by atoms with van der Waals surface area (Å²) in [6, 6.07) is 3.72. The van der Waals surface area contributed by atoms with Gasteiger partial charge < -0.3 is 15.2 Å². The van der Waals surface area contributed by atoms with E-state index in [1.807, 2.05) is 52.1 Å². The van der Waals surface area contributed by atoms with Crippen molar-refractivity contribution in [2.24, 2.45) is 0 Å². The Morgan fingerprint density at radius 3 is 2.46 bits per heavy atom. The fourth-order valence-electron chi connectivity index (χ4n) is 3.88. The molecule has 0 spiro atoms. The molecule has 0 aliphatic heterocycles. The number of amides is 1. The number of thioether (sulfide) groups is 1. The van der Waals surface area contributed by atoms with Crippen molar-refractivity contribution < 1.29 is 4.79 Å². The molecule has 0 aromatic carbocycles. The van der Waals surface area contributed by atoms with Crippen molar-refractivity contribution in [2.75, 3.05) is 5.32 Å². The molecule has 0 unspecified atom stereocenters. The van der Waals surface area contributed by atoms with E-state index in [2.05, 4.69) is 68.8 Å². The van der Waals surface area contributed by atoms with Gasteiger partial charge in [0.15, 0.2) is 5.82 Å². The van der Waals surface area contributed by atoms with Crippen LogP contribution in [0.3, 0.4) is 0 Å². The first-order valence-electron chi connectivity index (χ1n) is 13.8. The summed E-state index contributed by atoms with van der Waals surface area (Å²) in [6.45, 7) is 25.1. The predicted octanol–water partition coefficient (Wildman–Crippen LogP) is 7.96. The Morgan fingerprint density at radius 2 is 1.85 bits per heavy atom. The Labute approximate surface area is 250 Å². The molecule has 0 saturated heterocycles. The second kappa shape index (κ2) is 17.7. The van der Waals surface area contributed by atoms with Crippen LogP contribution in [0.5, 0.6) is 0 Å². The molecule has 0 bridgehead atoms. The second-order valence-electron chi connectivity index (χ2n) is 9.84. The average Bonchev–Trinajstić information content (AvgIpc) is 3.34. The van der Waals surface area contributed by atoms with Crippen molar-refractivity contribution in [3.05, 3.63) is 119 Å². The lowest BCUT2D eigenvalue weighted by atomic mass is 10.1. The number of unbranched alkanes of at least 4 members (excludes halogenated alkanes) is 1. The van der Waals surface area contributed by atoms with Gasteiger partial charge in [-0.15, -0.1) is 5.10 Å². The van der Waals surface area contributed by atoms with Gasteiger partial charge in [0.05, 0.1) is 10.7 Å². The van der Waals surface area contributed by atoms with Crippen molar-refractivity contribution in [3.63, 3.8) is 0 Å². The third kappa shape index (κ3) is 12.9.